The summed E-state index contributed by atoms with van der Waals surface area (Å²) in [5, 5.41) is 0. The molecule has 0 amide bonds. The van der Waals surface area contributed by atoms with Crippen LogP contribution in [0.3, 0.4) is 0 Å². The van der Waals surface area contributed by atoms with Crippen LogP contribution >= 0.6 is 0 Å². The van der Waals surface area contributed by atoms with Gasteiger partial charge in [0.15, 0.2) is 5.78 Å². The van der Waals surface area contributed by atoms with Gasteiger partial charge in [-0.1, -0.05) is 6.92 Å². The van der Waals surface area contributed by atoms with Crippen LogP contribution in [0.25, 0.3) is 0 Å². The van der Waals surface area contributed by atoms with Crippen molar-refractivity contribution < 1.29 is 4.79 Å². The lowest BCUT2D eigenvalue weighted by molar-refractivity contribution is 0.0981. The minimum absolute atomic E-state index is 0.279. The molecule has 0 fully saturated rings. The number of carbonyl (C=O) groups is 1. The van der Waals surface area contributed by atoms with E-state index in [2.05, 4.69) is 20.8 Å². The van der Waals surface area contributed by atoms with Gasteiger partial charge >= 0.3 is 0 Å². The van der Waals surface area contributed by atoms with E-state index in [0.717, 1.165) is 17.5 Å². The Morgan fingerprint density at radius 2 is 1.67 bits per heavy atom. The molecule has 1 nitrogen and oxygen atoms in total. The molecule has 0 unspecified atom stereocenters. The van der Waals surface area contributed by atoms with Crippen LogP contribution in [0.5, 0.6) is 0 Å². The maximum Gasteiger partial charge on any atom is 0.163 e. The Morgan fingerprint density at radius 1 is 1.07 bits per heavy atom. The number of carbonyl (C=O) groups excluding carboxylic acids is 1. The highest BCUT2D eigenvalue weighted by Crippen LogP contribution is 2.22. The highest BCUT2D eigenvalue weighted by molar-refractivity contribution is 5.98. The molecule has 1 heteroatoms. The molecule has 82 valence electrons. The highest BCUT2D eigenvalue weighted by Gasteiger charge is 2.12. The molecule has 0 atom stereocenters. The van der Waals surface area contributed by atoms with Gasteiger partial charge in [0.2, 0.25) is 0 Å². The molecule has 0 aliphatic heterocycles. The number of Topliss-reactive ketones (excluding diaryl/α,β-unsaturated/α-hetero) is 1. The molecule has 15 heavy (non-hydrogen) atoms. The van der Waals surface area contributed by atoms with Gasteiger partial charge in [-0.15, -0.1) is 0 Å². The van der Waals surface area contributed by atoms with Crippen LogP contribution in [0.15, 0.2) is 6.07 Å². The van der Waals surface area contributed by atoms with E-state index in [9.17, 15) is 4.79 Å². The van der Waals surface area contributed by atoms with E-state index < -0.39 is 0 Å². The second-order valence-electron chi connectivity index (χ2n) is 4.29. The van der Waals surface area contributed by atoms with Crippen LogP contribution in [0.4, 0.5) is 0 Å². The van der Waals surface area contributed by atoms with E-state index in [1.165, 1.54) is 16.7 Å². The van der Waals surface area contributed by atoms with E-state index in [1.807, 2.05) is 19.9 Å². The van der Waals surface area contributed by atoms with Crippen molar-refractivity contribution in [2.24, 2.45) is 0 Å². The van der Waals surface area contributed by atoms with Crippen LogP contribution < -0.4 is 0 Å². The fraction of sp³-hybridized carbons (Fsp3) is 0.500. The van der Waals surface area contributed by atoms with Crippen molar-refractivity contribution in [3.8, 4) is 0 Å². The van der Waals surface area contributed by atoms with Crippen molar-refractivity contribution in [2.45, 2.75) is 47.5 Å². The van der Waals surface area contributed by atoms with Gasteiger partial charge in [0.1, 0.15) is 0 Å². The van der Waals surface area contributed by atoms with Gasteiger partial charge in [-0.2, -0.15) is 0 Å². The smallest absolute Gasteiger partial charge is 0.163 e. The van der Waals surface area contributed by atoms with E-state index in [4.69, 9.17) is 0 Å². The van der Waals surface area contributed by atoms with Crippen LogP contribution in [-0.2, 0) is 0 Å². The second kappa shape index (κ2) is 4.61. The maximum atomic E-state index is 11.9. The fourth-order valence-electron chi connectivity index (χ4n) is 1.86. The fourth-order valence-corrected chi connectivity index (χ4v) is 1.86. The van der Waals surface area contributed by atoms with Gasteiger partial charge in [0, 0.05) is 12.0 Å². The molecule has 0 saturated heterocycles. The van der Waals surface area contributed by atoms with Crippen molar-refractivity contribution in [3.63, 3.8) is 0 Å². The third-order valence-corrected chi connectivity index (χ3v) is 3.26. The lowest BCUT2D eigenvalue weighted by atomic mass is 9.91. The van der Waals surface area contributed by atoms with E-state index in [-0.39, 0.29) is 5.78 Å². The predicted molar refractivity (Wildman–Crippen MR) is 64.6 cm³/mol. The Morgan fingerprint density at radius 3 is 2.20 bits per heavy atom. The summed E-state index contributed by atoms with van der Waals surface area (Å²) >= 11 is 0. The van der Waals surface area contributed by atoms with Gasteiger partial charge in [-0.3, -0.25) is 4.79 Å². The number of ketones is 1. The number of aryl methyl sites for hydroxylation is 1. The Kier molecular flexibility index (Phi) is 3.67. The molecule has 0 spiro atoms. The third-order valence-electron chi connectivity index (χ3n) is 3.26. The first-order valence-electron chi connectivity index (χ1n) is 5.59. The number of hydrogen-bond donors (Lipinski definition) is 0. The lowest BCUT2D eigenvalue weighted by Gasteiger charge is -2.13. The minimum atomic E-state index is 0.279. The number of rotatable bonds is 3. The van der Waals surface area contributed by atoms with Gasteiger partial charge in [0.05, 0.1) is 0 Å². The predicted octanol–water partition coefficient (Wildman–Crippen LogP) is 3.90. The molecule has 0 bridgehead atoms. The molecule has 1 rings (SSSR count). The quantitative estimate of drug-likeness (QED) is 0.682. The number of benzene rings is 1. The third kappa shape index (κ3) is 2.28. The Labute approximate surface area is 92.5 Å². The largest absolute Gasteiger partial charge is 0.294 e. The summed E-state index contributed by atoms with van der Waals surface area (Å²) in [5.74, 6) is 0.279. The van der Waals surface area contributed by atoms with Crippen molar-refractivity contribution in [3.05, 3.63) is 33.9 Å². The Balaban J connectivity index is 3.26. The van der Waals surface area contributed by atoms with Gasteiger partial charge in [0.25, 0.3) is 0 Å². The second-order valence-corrected chi connectivity index (χ2v) is 4.29. The zero-order valence-electron chi connectivity index (χ0n) is 10.4. The molecule has 0 radical (unpaired) electrons. The van der Waals surface area contributed by atoms with Crippen molar-refractivity contribution in [1.82, 2.24) is 0 Å². The van der Waals surface area contributed by atoms with Crippen LogP contribution in [0.1, 0.15) is 52.4 Å². The molecule has 0 heterocycles. The molecule has 0 N–H and O–H groups in total. The summed E-state index contributed by atoms with van der Waals surface area (Å²) < 4.78 is 0. The monoisotopic (exact) mass is 204 g/mol. The molecule has 1 aromatic carbocycles. The van der Waals surface area contributed by atoms with Gasteiger partial charge < -0.3 is 0 Å². The summed E-state index contributed by atoms with van der Waals surface area (Å²) in [6.07, 6.45) is 1.58. The highest BCUT2D eigenvalue weighted by atomic mass is 16.1. The summed E-state index contributed by atoms with van der Waals surface area (Å²) in [6, 6.07) is 2.04. The topological polar surface area (TPSA) is 17.1 Å². The normalized spacial score (nSPS) is 10.5. The van der Waals surface area contributed by atoms with Crippen LogP contribution in [-0.4, -0.2) is 5.78 Å². The lowest BCUT2D eigenvalue weighted by Crippen LogP contribution is -2.05. The van der Waals surface area contributed by atoms with E-state index >= 15 is 0 Å². The molecule has 0 aromatic heterocycles. The van der Waals surface area contributed by atoms with Crippen molar-refractivity contribution >= 4 is 5.78 Å². The maximum absolute atomic E-state index is 11.9. The van der Waals surface area contributed by atoms with Crippen LogP contribution in [0.2, 0.25) is 0 Å². The summed E-state index contributed by atoms with van der Waals surface area (Å²) in [7, 11) is 0. The van der Waals surface area contributed by atoms with Crippen molar-refractivity contribution in [1.29, 1.82) is 0 Å². The SMILES string of the molecule is CCCC(=O)c1cc(C)c(C)c(C)c1C. The zero-order chi connectivity index (χ0) is 11.6. The minimum Gasteiger partial charge on any atom is -0.294 e. The van der Waals surface area contributed by atoms with Crippen molar-refractivity contribution in [2.75, 3.05) is 0 Å². The first-order valence-corrected chi connectivity index (χ1v) is 5.59. The molecule has 0 saturated carbocycles. The first kappa shape index (κ1) is 12.0. The molecular weight excluding hydrogens is 184 g/mol. The molecule has 0 aliphatic carbocycles. The summed E-state index contributed by atoms with van der Waals surface area (Å²) in [5.41, 5.74) is 5.85. The summed E-state index contributed by atoms with van der Waals surface area (Å²) in [6.45, 7) is 10.4. The van der Waals surface area contributed by atoms with E-state index in [0.29, 0.717) is 6.42 Å². The Hall–Kier alpha value is -1.11. The average Bonchev–Trinajstić information content (AvgIpc) is 2.20. The van der Waals surface area contributed by atoms with E-state index in [1.54, 1.807) is 0 Å². The van der Waals surface area contributed by atoms with Gasteiger partial charge in [-0.05, 0) is 62.4 Å². The summed E-state index contributed by atoms with van der Waals surface area (Å²) in [4.78, 5) is 11.9. The van der Waals surface area contributed by atoms with Crippen LogP contribution in [0, 0.1) is 27.7 Å². The Bertz CT molecular complexity index is 389. The molecule has 0 aliphatic rings. The standard InChI is InChI=1S/C14H20O/c1-6-7-14(15)13-8-9(2)10(3)11(4)12(13)5/h8H,6-7H2,1-5H3. The molecular formula is C14H20O. The zero-order valence-corrected chi connectivity index (χ0v) is 10.4. The number of hydrogen-bond acceptors (Lipinski definition) is 1. The first-order chi connectivity index (χ1) is 6.99. The van der Waals surface area contributed by atoms with Gasteiger partial charge in [-0.25, -0.2) is 0 Å². The molecule has 1 aromatic rings. The average molecular weight is 204 g/mol.